The van der Waals surface area contributed by atoms with Crippen LogP contribution in [0.15, 0.2) is 59.6 Å². The van der Waals surface area contributed by atoms with Crippen LogP contribution in [0.5, 0.6) is 11.5 Å². The van der Waals surface area contributed by atoms with E-state index in [2.05, 4.69) is 5.10 Å². The smallest absolute Gasteiger partial charge is 0.283 e. The lowest BCUT2D eigenvalue weighted by Crippen LogP contribution is -2.15. The molecule has 0 saturated carbocycles. The van der Waals surface area contributed by atoms with Gasteiger partial charge in [0, 0.05) is 5.56 Å². The zero-order valence-electron chi connectivity index (χ0n) is 12.2. The van der Waals surface area contributed by atoms with Crippen molar-refractivity contribution in [2.75, 3.05) is 6.79 Å². The molecule has 0 saturated heterocycles. The maximum absolute atomic E-state index is 13.0. The zero-order valence-corrected chi connectivity index (χ0v) is 13.0. The number of halogens is 1. The van der Waals surface area contributed by atoms with E-state index in [0.717, 1.165) is 16.2 Å². The summed E-state index contributed by atoms with van der Waals surface area (Å²) in [4.78, 5) is -0.0467. The molecule has 0 bridgehead atoms. The van der Waals surface area contributed by atoms with E-state index >= 15 is 0 Å². The molecule has 2 aromatic carbocycles. The van der Waals surface area contributed by atoms with Crippen LogP contribution in [0, 0.1) is 5.82 Å². The van der Waals surface area contributed by atoms with Gasteiger partial charge in [0.25, 0.3) is 10.0 Å². The van der Waals surface area contributed by atoms with E-state index in [4.69, 9.17) is 9.47 Å². The molecule has 1 aliphatic heterocycles. The summed E-state index contributed by atoms with van der Waals surface area (Å²) in [7, 11) is -3.94. The first kappa shape index (κ1) is 14.7. The lowest BCUT2D eigenvalue weighted by Gasteiger charge is -2.09. The zero-order chi connectivity index (χ0) is 16.7. The summed E-state index contributed by atoms with van der Waals surface area (Å²) in [6.45, 7) is 0.131. The molecule has 0 unspecified atom stereocenters. The van der Waals surface area contributed by atoms with E-state index in [1.54, 1.807) is 24.3 Å². The summed E-state index contributed by atoms with van der Waals surface area (Å²) in [6.07, 6.45) is 1.39. The normalized spacial score (nSPS) is 13.2. The van der Waals surface area contributed by atoms with Crippen LogP contribution in [-0.2, 0) is 10.0 Å². The number of hydrogen-bond donors (Lipinski definition) is 0. The molecular formula is C16H11FN2O4S. The Morgan fingerprint density at radius 2 is 1.75 bits per heavy atom. The van der Waals surface area contributed by atoms with Crippen molar-refractivity contribution in [2.45, 2.75) is 4.90 Å². The molecular weight excluding hydrogens is 335 g/mol. The minimum absolute atomic E-state index is 0.0467. The van der Waals surface area contributed by atoms with Crippen LogP contribution in [0.25, 0.3) is 11.3 Å². The van der Waals surface area contributed by atoms with Gasteiger partial charge >= 0.3 is 0 Å². The molecule has 0 spiro atoms. The number of fused-ring (bicyclic) bond motifs is 1. The molecule has 1 aliphatic rings. The van der Waals surface area contributed by atoms with Crippen LogP contribution in [0.3, 0.4) is 0 Å². The van der Waals surface area contributed by atoms with Crippen molar-refractivity contribution in [1.82, 2.24) is 9.19 Å². The molecule has 24 heavy (non-hydrogen) atoms. The van der Waals surface area contributed by atoms with Crippen LogP contribution in [0.4, 0.5) is 4.39 Å². The summed E-state index contributed by atoms with van der Waals surface area (Å²) >= 11 is 0. The Morgan fingerprint density at radius 1 is 1.00 bits per heavy atom. The Labute approximate surface area is 137 Å². The van der Waals surface area contributed by atoms with Crippen molar-refractivity contribution in [3.8, 4) is 22.8 Å². The van der Waals surface area contributed by atoms with E-state index in [1.165, 1.54) is 18.3 Å². The van der Waals surface area contributed by atoms with Crippen molar-refractivity contribution in [3.63, 3.8) is 0 Å². The Hall–Kier alpha value is -2.87. The quantitative estimate of drug-likeness (QED) is 0.729. The van der Waals surface area contributed by atoms with Crippen LogP contribution < -0.4 is 9.47 Å². The standard InChI is InChI=1S/C16H11FN2O4S/c17-12-2-4-13(5-3-12)24(20,21)19-14(7-8-18-19)11-1-6-15-16(9-11)23-10-22-15/h1-9H,10H2. The molecule has 1 aromatic heterocycles. The SMILES string of the molecule is O=S(=O)(c1ccc(F)cc1)n1nccc1-c1ccc2c(c1)OCO2. The topological polar surface area (TPSA) is 70.4 Å². The number of rotatable bonds is 3. The molecule has 122 valence electrons. The van der Waals surface area contributed by atoms with Gasteiger partial charge in [-0.25, -0.2) is 4.39 Å². The van der Waals surface area contributed by atoms with Crippen molar-refractivity contribution >= 4 is 10.0 Å². The van der Waals surface area contributed by atoms with Crippen molar-refractivity contribution in [2.24, 2.45) is 0 Å². The molecule has 0 amide bonds. The van der Waals surface area contributed by atoms with Crippen LogP contribution in [-0.4, -0.2) is 24.4 Å². The van der Waals surface area contributed by atoms with Crippen molar-refractivity contribution in [1.29, 1.82) is 0 Å². The predicted molar refractivity (Wildman–Crippen MR) is 82.8 cm³/mol. The minimum Gasteiger partial charge on any atom is -0.454 e. The molecule has 2 heterocycles. The van der Waals surface area contributed by atoms with Gasteiger partial charge in [0.15, 0.2) is 11.5 Å². The summed E-state index contributed by atoms with van der Waals surface area (Å²) in [5, 5.41) is 3.92. The van der Waals surface area contributed by atoms with E-state index in [0.29, 0.717) is 22.8 Å². The van der Waals surface area contributed by atoms with Gasteiger partial charge in [-0.1, -0.05) is 0 Å². The molecule has 8 heteroatoms. The molecule has 0 aliphatic carbocycles. The average molecular weight is 346 g/mol. The molecule has 0 atom stereocenters. The third kappa shape index (κ3) is 2.31. The van der Waals surface area contributed by atoms with Gasteiger partial charge < -0.3 is 9.47 Å². The first-order valence-corrected chi connectivity index (χ1v) is 8.45. The second-order valence-electron chi connectivity index (χ2n) is 5.09. The molecule has 0 fully saturated rings. The maximum Gasteiger partial charge on any atom is 0.283 e. The highest BCUT2D eigenvalue weighted by atomic mass is 32.2. The van der Waals surface area contributed by atoms with Gasteiger partial charge in [0.1, 0.15) is 5.82 Å². The Bertz CT molecular complexity index is 1010. The highest BCUT2D eigenvalue weighted by Crippen LogP contribution is 2.36. The monoisotopic (exact) mass is 346 g/mol. The molecule has 0 radical (unpaired) electrons. The third-order valence-corrected chi connectivity index (χ3v) is 5.23. The lowest BCUT2D eigenvalue weighted by molar-refractivity contribution is 0.174. The van der Waals surface area contributed by atoms with Crippen molar-refractivity contribution < 1.29 is 22.3 Å². The van der Waals surface area contributed by atoms with Gasteiger partial charge in [-0.2, -0.15) is 17.6 Å². The van der Waals surface area contributed by atoms with Gasteiger partial charge in [-0.05, 0) is 48.5 Å². The molecule has 6 nitrogen and oxygen atoms in total. The molecule has 3 aromatic rings. The number of nitrogens with zero attached hydrogens (tertiary/aromatic N) is 2. The summed E-state index contributed by atoms with van der Waals surface area (Å²) in [5.41, 5.74) is 0.986. The van der Waals surface area contributed by atoms with Crippen LogP contribution in [0.1, 0.15) is 0 Å². The average Bonchev–Trinajstić information content (AvgIpc) is 3.24. The predicted octanol–water partition coefficient (Wildman–Crippen LogP) is 2.65. The minimum atomic E-state index is -3.94. The Morgan fingerprint density at radius 3 is 2.54 bits per heavy atom. The summed E-state index contributed by atoms with van der Waals surface area (Å²) in [6, 6.07) is 11.3. The fourth-order valence-corrected chi connectivity index (χ4v) is 3.73. The van der Waals surface area contributed by atoms with E-state index in [9.17, 15) is 12.8 Å². The number of hydrogen-bond acceptors (Lipinski definition) is 5. The second kappa shape index (κ2) is 5.34. The van der Waals surface area contributed by atoms with E-state index in [1.807, 2.05) is 0 Å². The molecule has 4 rings (SSSR count). The largest absolute Gasteiger partial charge is 0.454 e. The van der Waals surface area contributed by atoms with Gasteiger partial charge in [0.05, 0.1) is 16.8 Å². The highest BCUT2D eigenvalue weighted by Gasteiger charge is 2.23. The van der Waals surface area contributed by atoms with E-state index in [-0.39, 0.29) is 11.7 Å². The lowest BCUT2D eigenvalue weighted by atomic mass is 10.1. The number of ether oxygens (including phenoxy) is 2. The Balaban J connectivity index is 1.81. The first-order valence-electron chi connectivity index (χ1n) is 7.01. The third-order valence-electron chi connectivity index (χ3n) is 3.62. The molecule has 0 N–H and O–H groups in total. The van der Waals surface area contributed by atoms with Gasteiger partial charge in [-0.15, -0.1) is 0 Å². The Kier molecular flexibility index (Phi) is 3.27. The maximum atomic E-state index is 13.0. The highest BCUT2D eigenvalue weighted by molar-refractivity contribution is 7.90. The number of aromatic nitrogens is 2. The number of benzene rings is 2. The summed E-state index contributed by atoms with van der Waals surface area (Å²) in [5.74, 6) is 0.635. The summed E-state index contributed by atoms with van der Waals surface area (Å²) < 4.78 is 50.0. The fourth-order valence-electron chi connectivity index (χ4n) is 2.45. The van der Waals surface area contributed by atoms with Crippen molar-refractivity contribution in [3.05, 3.63) is 60.5 Å². The van der Waals surface area contributed by atoms with Crippen LogP contribution in [0.2, 0.25) is 0 Å². The second-order valence-corrected chi connectivity index (χ2v) is 6.85. The first-order chi connectivity index (χ1) is 11.6. The van der Waals surface area contributed by atoms with Gasteiger partial charge in [0.2, 0.25) is 6.79 Å². The fraction of sp³-hybridized carbons (Fsp3) is 0.0625. The van der Waals surface area contributed by atoms with E-state index < -0.39 is 15.8 Å². The van der Waals surface area contributed by atoms with Gasteiger partial charge in [-0.3, -0.25) is 0 Å². The van der Waals surface area contributed by atoms with Crippen LogP contribution >= 0.6 is 0 Å².